The second-order valence-corrected chi connectivity index (χ2v) is 8.31. The molecule has 2 aliphatic rings. The van der Waals surface area contributed by atoms with E-state index in [9.17, 15) is 8.42 Å². The lowest BCUT2D eigenvalue weighted by molar-refractivity contribution is 0.254. The van der Waals surface area contributed by atoms with Crippen molar-refractivity contribution in [1.82, 2.24) is 5.32 Å². The molecule has 0 bridgehead atoms. The maximum absolute atomic E-state index is 12.1. The van der Waals surface area contributed by atoms with Crippen molar-refractivity contribution in [2.45, 2.75) is 56.0 Å². The molecule has 1 N–H and O–H groups in total. The second-order valence-electron chi connectivity index (χ2n) is 6.23. The van der Waals surface area contributed by atoms with Crippen molar-refractivity contribution < 1.29 is 8.42 Å². The Kier molecular flexibility index (Phi) is 3.87. The fourth-order valence-electron chi connectivity index (χ4n) is 3.59. The van der Waals surface area contributed by atoms with Gasteiger partial charge in [0.1, 0.15) is 0 Å². The highest BCUT2D eigenvalue weighted by molar-refractivity contribution is 7.91. The third kappa shape index (κ3) is 2.63. The van der Waals surface area contributed by atoms with Gasteiger partial charge < -0.3 is 5.32 Å². The van der Waals surface area contributed by atoms with Gasteiger partial charge >= 0.3 is 0 Å². The molecule has 0 aromatic heterocycles. The highest BCUT2D eigenvalue weighted by atomic mass is 32.2. The van der Waals surface area contributed by atoms with E-state index in [0.29, 0.717) is 23.3 Å². The number of fused-ring (bicyclic) bond motifs is 1. The van der Waals surface area contributed by atoms with E-state index in [0.717, 1.165) is 5.56 Å². The van der Waals surface area contributed by atoms with E-state index in [1.165, 1.54) is 25.7 Å². The predicted octanol–water partition coefficient (Wildman–Crippen LogP) is 3.07. The van der Waals surface area contributed by atoms with Crippen molar-refractivity contribution >= 4 is 9.84 Å². The molecule has 0 saturated heterocycles. The molecule has 1 saturated carbocycles. The van der Waals surface area contributed by atoms with Crippen LogP contribution in [-0.2, 0) is 9.84 Å². The van der Waals surface area contributed by atoms with Crippen LogP contribution in [0.1, 0.15) is 50.6 Å². The molecule has 3 nitrogen and oxygen atoms in total. The van der Waals surface area contributed by atoms with Crippen LogP contribution in [0.15, 0.2) is 29.2 Å². The molecule has 20 heavy (non-hydrogen) atoms. The fourth-order valence-corrected chi connectivity index (χ4v) is 5.21. The molecule has 0 amide bonds. The Bertz CT molecular complexity index is 582. The third-order valence-corrected chi connectivity index (χ3v) is 6.65. The van der Waals surface area contributed by atoms with E-state index in [4.69, 9.17) is 0 Å². The maximum atomic E-state index is 12.1. The second kappa shape index (κ2) is 5.49. The number of benzene rings is 1. The number of nitrogens with one attached hydrogen (secondary N) is 1. The van der Waals surface area contributed by atoms with Crippen LogP contribution in [0.2, 0.25) is 0 Å². The average Bonchev–Trinajstić information content (AvgIpc) is 2.44. The summed E-state index contributed by atoms with van der Waals surface area (Å²) in [6.07, 6.45) is 5.81. The van der Waals surface area contributed by atoms with Crippen molar-refractivity contribution in [3.05, 3.63) is 29.8 Å². The molecule has 4 heteroatoms. The number of hydrogen-bond acceptors (Lipinski definition) is 3. The van der Waals surface area contributed by atoms with Crippen LogP contribution in [-0.4, -0.2) is 20.2 Å². The topological polar surface area (TPSA) is 46.2 Å². The third-order valence-electron chi connectivity index (χ3n) is 4.83. The normalized spacial score (nSPS) is 32.5. The molecule has 1 aromatic rings. The molecule has 0 radical (unpaired) electrons. The fraction of sp³-hybridized carbons (Fsp3) is 0.625. The molecule has 1 aliphatic heterocycles. The Hall–Kier alpha value is -0.870. The van der Waals surface area contributed by atoms with Crippen molar-refractivity contribution in [3.8, 4) is 0 Å². The molecule has 1 heterocycles. The van der Waals surface area contributed by atoms with E-state index >= 15 is 0 Å². The van der Waals surface area contributed by atoms with Gasteiger partial charge in [0.25, 0.3) is 0 Å². The van der Waals surface area contributed by atoms with Crippen molar-refractivity contribution in [1.29, 1.82) is 0 Å². The monoisotopic (exact) mass is 293 g/mol. The molecule has 1 aliphatic carbocycles. The molecule has 1 aromatic carbocycles. The lowest BCUT2D eigenvalue weighted by Crippen LogP contribution is -2.41. The van der Waals surface area contributed by atoms with Gasteiger partial charge in [0, 0.05) is 12.1 Å². The number of sulfone groups is 1. The molecule has 3 unspecified atom stereocenters. The first-order valence-electron chi connectivity index (χ1n) is 7.65. The Morgan fingerprint density at radius 2 is 1.85 bits per heavy atom. The summed E-state index contributed by atoms with van der Waals surface area (Å²) in [7, 11) is -3.07. The van der Waals surface area contributed by atoms with Crippen LogP contribution in [0.4, 0.5) is 0 Å². The Morgan fingerprint density at radius 3 is 2.65 bits per heavy atom. The van der Waals surface area contributed by atoms with Crippen LogP contribution in [0, 0.1) is 5.92 Å². The molecular formula is C16H23NO2S. The summed E-state index contributed by atoms with van der Waals surface area (Å²) in [5, 5.41) is 3.74. The molecular weight excluding hydrogens is 270 g/mol. The minimum atomic E-state index is -3.07. The largest absolute Gasteiger partial charge is 0.307 e. The summed E-state index contributed by atoms with van der Waals surface area (Å²) in [5.74, 6) is 0.956. The zero-order valence-electron chi connectivity index (χ0n) is 12.0. The molecule has 3 atom stereocenters. The highest BCUT2D eigenvalue weighted by Crippen LogP contribution is 2.34. The smallest absolute Gasteiger partial charge is 0.178 e. The summed E-state index contributed by atoms with van der Waals surface area (Å²) < 4.78 is 24.3. The zero-order valence-corrected chi connectivity index (χ0v) is 12.8. The molecule has 3 rings (SSSR count). The van der Waals surface area contributed by atoms with Gasteiger partial charge in [-0.2, -0.15) is 0 Å². The van der Waals surface area contributed by atoms with Crippen LogP contribution in [0.3, 0.4) is 0 Å². The standard InChI is InChI=1S/C16H23NO2S/c1-12-6-2-4-8-14(12)17-15-10-11-20(18,19)16-9-5-3-7-13(15)16/h3,5,7,9,12,14-15,17H,2,4,6,8,10-11H2,1H3. The Morgan fingerprint density at radius 1 is 1.10 bits per heavy atom. The lowest BCUT2D eigenvalue weighted by atomic mass is 9.85. The van der Waals surface area contributed by atoms with Crippen molar-refractivity contribution in [2.24, 2.45) is 5.92 Å². The van der Waals surface area contributed by atoms with Gasteiger partial charge in [-0.1, -0.05) is 38.0 Å². The van der Waals surface area contributed by atoms with E-state index < -0.39 is 9.84 Å². The van der Waals surface area contributed by atoms with Gasteiger partial charge in [-0.15, -0.1) is 0 Å². The highest BCUT2D eigenvalue weighted by Gasteiger charge is 2.32. The quantitative estimate of drug-likeness (QED) is 0.911. The van der Waals surface area contributed by atoms with Crippen LogP contribution < -0.4 is 5.32 Å². The van der Waals surface area contributed by atoms with Crippen LogP contribution >= 0.6 is 0 Å². The van der Waals surface area contributed by atoms with Crippen molar-refractivity contribution in [3.63, 3.8) is 0 Å². The SMILES string of the molecule is CC1CCCCC1NC1CCS(=O)(=O)c2ccccc21. The molecule has 0 spiro atoms. The summed E-state index contributed by atoms with van der Waals surface area (Å²) >= 11 is 0. The molecule has 1 fully saturated rings. The van der Waals surface area contributed by atoms with Gasteiger partial charge in [0.15, 0.2) is 9.84 Å². The van der Waals surface area contributed by atoms with Gasteiger partial charge in [-0.3, -0.25) is 0 Å². The lowest BCUT2D eigenvalue weighted by Gasteiger charge is -2.35. The number of hydrogen-bond donors (Lipinski definition) is 1. The van der Waals surface area contributed by atoms with Gasteiger partial charge in [0.2, 0.25) is 0 Å². The summed E-state index contributed by atoms with van der Waals surface area (Å²) in [6, 6.07) is 8.21. The zero-order chi connectivity index (χ0) is 14.2. The van der Waals surface area contributed by atoms with Gasteiger partial charge in [-0.25, -0.2) is 8.42 Å². The van der Waals surface area contributed by atoms with Crippen LogP contribution in [0.25, 0.3) is 0 Å². The average molecular weight is 293 g/mol. The van der Waals surface area contributed by atoms with Crippen LogP contribution in [0.5, 0.6) is 0 Å². The summed E-state index contributed by atoms with van der Waals surface area (Å²) in [5.41, 5.74) is 0.969. The maximum Gasteiger partial charge on any atom is 0.178 e. The first-order valence-corrected chi connectivity index (χ1v) is 9.31. The van der Waals surface area contributed by atoms with Crippen molar-refractivity contribution in [2.75, 3.05) is 5.75 Å². The van der Waals surface area contributed by atoms with Gasteiger partial charge in [0.05, 0.1) is 10.6 Å². The van der Waals surface area contributed by atoms with E-state index in [1.54, 1.807) is 6.07 Å². The predicted molar refractivity (Wildman–Crippen MR) is 80.4 cm³/mol. The van der Waals surface area contributed by atoms with E-state index in [1.807, 2.05) is 18.2 Å². The minimum absolute atomic E-state index is 0.195. The first-order chi connectivity index (χ1) is 9.58. The number of rotatable bonds is 2. The van der Waals surface area contributed by atoms with Gasteiger partial charge in [-0.05, 0) is 36.8 Å². The Labute approximate surface area is 121 Å². The van der Waals surface area contributed by atoms with E-state index in [-0.39, 0.29) is 11.8 Å². The molecule has 110 valence electrons. The first kappa shape index (κ1) is 14.1. The summed E-state index contributed by atoms with van der Waals surface area (Å²) in [6.45, 7) is 2.31. The van der Waals surface area contributed by atoms with E-state index in [2.05, 4.69) is 12.2 Å². The Balaban J connectivity index is 1.85. The minimum Gasteiger partial charge on any atom is -0.307 e. The summed E-state index contributed by atoms with van der Waals surface area (Å²) in [4.78, 5) is 0.534.